The van der Waals surface area contributed by atoms with Crippen molar-refractivity contribution in [1.29, 1.82) is 0 Å². The molecule has 0 radical (unpaired) electrons. The molecule has 132 valence electrons. The van der Waals surface area contributed by atoms with Gasteiger partial charge in [-0.2, -0.15) is 0 Å². The lowest BCUT2D eigenvalue weighted by molar-refractivity contribution is -0.136. The van der Waals surface area contributed by atoms with Gasteiger partial charge in [-0.25, -0.2) is 0 Å². The van der Waals surface area contributed by atoms with Gasteiger partial charge in [0.25, 0.3) is 5.91 Å². The fraction of sp³-hybridized carbons (Fsp3) is 0.526. The van der Waals surface area contributed by atoms with E-state index >= 15 is 0 Å². The van der Waals surface area contributed by atoms with Gasteiger partial charge in [0.2, 0.25) is 0 Å². The Kier molecular flexibility index (Phi) is 5.89. The number of nitrogens with zero attached hydrogens (tertiary/aromatic N) is 1. The molecule has 1 aromatic carbocycles. The third kappa shape index (κ3) is 4.29. The lowest BCUT2D eigenvalue weighted by Gasteiger charge is -2.42. The van der Waals surface area contributed by atoms with E-state index in [1.807, 2.05) is 29.2 Å². The molecular weight excluding hydrogens is 304 g/mol. The number of rotatable bonds is 6. The van der Waals surface area contributed by atoms with Gasteiger partial charge in [-0.1, -0.05) is 26.0 Å². The Bertz CT molecular complexity index is 598. The van der Waals surface area contributed by atoms with E-state index in [2.05, 4.69) is 20.4 Å². The number of piperidine rings is 1. The molecule has 1 atom stereocenters. The highest BCUT2D eigenvalue weighted by Gasteiger charge is 2.35. The van der Waals surface area contributed by atoms with Gasteiger partial charge in [0.1, 0.15) is 0 Å². The first-order valence-corrected chi connectivity index (χ1v) is 8.31. The highest BCUT2D eigenvalue weighted by atomic mass is 16.5. The van der Waals surface area contributed by atoms with E-state index in [0.29, 0.717) is 24.6 Å². The molecule has 1 heterocycles. The van der Waals surface area contributed by atoms with Gasteiger partial charge >= 0.3 is 0 Å². The maximum atomic E-state index is 12.4. The monoisotopic (exact) mass is 332 g/mol. The molecule has 1 fully saturated rings. The molecule has 0 aliphatic carbocycles. The minimum Gasteiger partial charge on any atom is -0.493 e. The maximum Gasteiger partial charge on any atom is 0.260 e. The Balaban J connectivity index is 1.97. The van der Waals surface area contributed by atoms with Crippen LogP contribution in [0.4, 0.5) is 0 Å². The Morgan fingerprint density at radius 3 is 2.83 bits per heavy atom. The number of carbonyl (C=O) groups is 1. The van der Waals surface area contributed by atoms with Crippen molar-refractivity contribution in [2.24, 2.45) is 11.1 Å². The molecular formula is C19H28N2O3. The number of allylic oxidation sites excluding steroid dienone is 1. The van der Waals surface area contributed by atoms with Crippen molar-refractivity contribution in [2.75, 3.05) is 26.8 Å². The smallest absolute Gasteiger partial charge is 0.260 e. The van der Waals surface area contributed by atoms with E-state index in [-0.39, 0.29) is 24.0 Å². The van der Waals surface area contributed by atoms with Crippen LogP contribution in [-0.2, 0) is 11.2 Å². The number of likely N-dealkylation sites (tertiary alicyclic amines) is 1. The van der Waals surface area contributed by atoms with Crippen LogP contribution < -0.4 is 15.2 Å². The van der Waals surface area contributed by atoms with E-state index in [4.69, 9.17) is 15.2 Å². The minimum absolute atomic E-state index is 0.00246. The number of ether oxygens (including phenoxy) is 2. The number of carbonyl (C=O) groups excluding carboxylic acids is 1. The second kappa shape index (κ2) is 7.71. The molecule has 0 spiro atoms. The van der Waals surface area contributed by atoms with Crippen molar-refractivity contribution in [3.8, 4) is 11.5 Å². The van der Waals surface area contributed by atoms with Gasteiger partial charge in [0.05, 0.1) is 7.11 Å². The van der Waals surface area contributed by atoms with Crippen LogP contribution in [0, 0.1) is 5.41 Å². The number of amides is 1. The second-order valence-corrected chi connectivity index (χ2v) is 6.97. The first-order chi connectivity index (χ1) is 11.4. The van der Waals surface area contributed by atoms with Crippen molar-refractivity contribution in [1.82, 2.24) is 4.90 Å². The summed E-state index contributed by atoms with van der Waals surface area (Å²) in [5.41, 5.74) is 7.14. The van der Waals surface area contributed by atoms with Gasteiger partial charge in [0.15, 0.2) is 18.1 Å². The number of benzene rings is 1. The first kappa shape index (κ1) is 18.3. The molecule has 5 nitrogen and oxygen atoms in total. The third-order valence-corrected chi connectivity index (χ3v) is 4.62. The van der Waals surface area contributed by atoms with Gasteiger partial charge in [-0.3, -0.25) is 4.79 Å². The average Bonchev–Trinajstić information content (AvgIpc) is 2.55. The molecule has 1 amide bonds. The number of hydrogen-bond acceptors (Lipinski definition) is 4. The van der Waals surface area contributed by atoms with Gasteiger partial charge in [-0.15, -0.1) is 6.58 Å². The zero-order valence-corrected chi connectivity index (χ0v) is 14.9. The molecule has 5 heteroatoms. The molecule has 24 heavy (non-hydrogen) atoms. The number of nitrogens with two attached hydrogens (primary N) is 1. The summed E-state index contributed by atoms with van der Waals surface area (Å²) < 4.78 is 11.1. The van der Waals surface area contributed by atoms with Crippen LogP contribution in [0.5, 0.6) is 11.5 Å². The topological polar surface area (TPSA) is 64.8 Å². The van der Waals surface area contributed by atoms with E-state index in [9.17, 15) is 4.79 Å². The summed E-state index contributed by atoms with van der Waals surface area (Å²) in [6, 6.07) is 5.82. The Hall–Kier alpha value is -2.01. The summed E-state index contributed by atoms with van der Waals surface area (Å²) in [6.45, 7) is 9.27. The van der Waals surface area contributed by atoms with Gasteiger partial charge in [0, 0.05) is 19.1 Å². The molecule has 2 rings (SSSR count). The zero-order valence-electron chi connectivity index (χ0n) is 14.9. The quantitative estimate of drug-likeness (QED) is 0.813. The van der Waals surface area contributed by atoms with Crippen LogP contribution in [0.3, 0.4) is 0 Å². The molecule has 1 aliphatic rings. The summed E-state index contributed by atoms with van der Waals surface area (Å²) in [6.07, 6.45) is 3.42. The van der Waals surface area contributed by atoms with Crippen molar-refractivity contribution in [2.45, 2.75) is 32.7 Å². The minimum atomic E-state index is -0.0715. The predicted octanol–water partition coefficient (Wildman–Crippen LogP) is 2.39. The fourth-order valence-corrected chi connectivity index (χ4v) is 2.94. The fourth-order valence-electron chi connectivity index (χ4n) is 2.94. The standard InChI is InChI=1S/C19H28N2O3/c1-5-6-14-7-8-15(16(11-14)23-4)24-12-18(22)21-10-9-17(20)19(2,3)13-21/h5,7-8,11,17H,1,6,9-10,12-13,20H2,2-4H3. The van der Waals surface area contributed by atoms with Crippen LogP contribution in [0.15, 0.2) is 30.9 Å². The molecule has 1 aliphatic heterocycles. The van der Waals surface area contributed by atoms with Crippen LogP contribution in [-0.4, -0.2) is 43.7 Å². The largest absolute Gasteiger partial charge is 0.493 e. The first-order valence-electron chi connectivity index (χ1n) is 8.31. The Labute approximate surface area is 144 Å². The molecule has 0 bridgehead atoms. The van der Waals surface area contributed by atoms with Crippen LogP contribution in [0.2, 0.25) is 0 Å². The van der Waals surface area contributed by atoms with Crippen LogP contribution in [0.1, 0.15) is 25.8 Å². The van der Waals surface area contributed by atoms with Crippen molar-refractivity contribution < 1.29 is 14.3 Å². The molecule has 0 saturated carbocycles. The summed E-state index contributed by atoms with van der Waals surface area (Å²) in [4.78, 5) is 14.3. The molecule has 0 aromatic heterocycles. The lowest BCUT2D eigenvalue weighted by atomic mass is 9.80. The SMILES string of the molecule is C=CCc1ccc(OCC(=O)N2CCC(N)C(C)(C)C2)c(OC)c1. The molecule has 2 N–H and O–H groups in total. The Morgan fingerprint density at radius 2 is 2.21 bits per heavy atom. The molecule has 1 saturated heterocycles. The van der Waals surface area contributed by atoms with Crippen molar-refractivity contribution in [3.05, 3.63) is 36.4 Å². The average molecular weight is 332 g/mol. The highest BCUT2D eigenvalue weighted by molar-refractivity contribution is 5.78. The molecule has 1 aromatic rings. The Morgan fingerprint density at radius 1 is 1.46 bits per heavy atom. The van der Waals surface area contributed by atoms with Crippen LogP contribution in [0.25, 0.3) is 0 Å². The summed E-state index contributed by atoms with van der Waals surface area (Å²) >= 11 is 0. The van der Waals surface area contributed by atoms with Crippen molar-refractivity contribution in [3.63, 3.8) is 0 Å². The molecule has 1 unspecified atom stereocenters. The van der Waals surface area contributed by atoms with Gasteiger partial charge in [-0.05, 0) is 36.0 Å². The van der Waals surface area contributed by atoms with E-state index in [0.717, 1.165) is 18.4 Å². The maximum absolute atomic E-state index is 12.4. The lowest BCUT2D eigenvalue weighted by Crippen LogP contribution is -2.54. The predicted molar refractivity (Wildman–Crippen MR) is 95.3 cm³/mol. The van der Waals surface area contributed by atoms with E-state index in [1.165, 1.54) is 0 Å². The normalized spacial score (nSPS) is 19.7. The highest BCUT2D eigenvalue weighted by Crippen LogP contribution is 2.30. The van der Waals surface area contributed by atoms with Crippen molar-refractivity contribution >= 4 is 5.91 Å². The summed E-state index contributed by atoms with van der Waals surface area (Å²) in [5.74, 6) is 1.18. The second-order valence-electron chi connectivity index (χ2n) is 6.97. The summed E-state index contributed by atoms with van der Waals surface area (Å²) in [7, 11) is 1.59. The summed E-state index contributed by atoms with van der Waals surface area (Å²) in [5, 5.41) is 0. The zero-order chi connectivity index (χ0) is 17.7. The number of hydrogen-bond donors (Lipinski definition) is 1. The number of methoxy groups -OCH3 is 1. The van der Waals surface area contributed by atoms with E-state index in [1.54, 1.807) is 7.11 Å². The third-order valence-electron chi connectivity index (χ3n) is 4.62. The van der Waals surface area contributed by atoms with Crippen LogP contribution >= 0.6 is 0 Å². The van der Waals surface area contributed by atoms with E-state index < -0.39 is 0 Å². The van der Waals surface area contributed by atoms with Gasteiger partial charge < -0.3 is 20.1 Å².